The summed E-state index contributed by atoms with van der Waals surface area (Å²) in [5, 5.41) is 7.97. The van der Waals surface area contributed by atoms with Crippen molar-refractivity contribution in [2.45, 2.75) is 27.3 Å². The van der Waals surface area contributed by atoms with Crippen LogP contribution in [0.1, 0.15) is 23.9 Å². The molecule has 0 atom stereocenters. The molecule has 3 nitrogen and oxygen atoms in total. The van der Waals surface area contributed by atoms with Gasteiger partial charge >= 0.3 is 0 Å². The first-order valence-electron chi connectivity index (χ1n) is 6.05. The Hall–Kier alpha value is -1.61. The first kappa shape index (κ1) is 11.9. The van der Waals surface area contributed by atoms with Crippen molar-refractivity contribution >= 4 is 0 Å². The summed E-state index contributed by atoms with van der Waals surface area (Å²) in [5.41, 5.74) is 4.74. The average molecular weight is 229 g/mol. The largest absolute Gasteiger partial charge is 0.313 e. The third kappa shape index (κ3) is 2.39. The van der Waals surface area contributed by atoms with Gasteiger partial charge in [-0.3, -0.25) is 0 Å². The molecular weight excluding hydrogens is 210 g/mol. The van der Waals surface area contributed by atoms with Gasteiger partial charge in [0.05, 0.1) is 11.4 Å². The second kappa shape index (κ2) is 5.15. The normalized spacial score (nSPS) is 10.8. The van der Waals surface area contributed by atoms with E-state index in [9.17, 15) is 0 Å². The highest BCUT2D eigenvalue weighted by Crippen LogP contribution is 2.17. The Kier molecular flexibility index (Phi) is 3.59. The summed E-state index contributed by atoms with van der Waals surface area (Å²) in [6, 6.07) is 10.3. The SMILES string of the molecule is CCNCc1c(C)nn(-c2ccccc2)c1C. The second-order valence-corrected chi connectivity index (χ2v) is 4.18. The van der Waals surface area contributed by atoms with Gasteiger partial charge in [-0.25, -0.2) is 4.68 Å². The number of nitrogens with one attached hydrogen (secondary N) is 1. The Bertz CT molecular complexity index is 486. The molecule has 3 heteroatoms. The van der Waals surface area contributed by atoms with Gasteiger partial charge in [-0.1, -0.05) is 25.1 Å². The van der Waals surface area contributed by atoms with Crippen molar-refractivity contribution in [1.29, 1.82) is 0 Å². The molecule has 2 rings (SSSR count). The van der Waals surface area contributed by atoms with Crippen molar-refractivity contribution in [2.75, 3.05) is 6.54 Å². The van der Waals surface area contributed by atoms with Gasteiger partial charge in [0, 0.05) is 17.8 Å². The first-order chi connectivity index (χ1) is 8.24. The molecule has 90 valence electrons. The van der Waals surface area contributed by atoms with Crippen LogP contribution in [0.3, 0.4) is 0 Å². The minimum atomic E-state index is 0.890. The quantitative estimate of drug-likeness (QED) is 0.873. The molecule has 1 N–H and O–H groups in total. The van der Waals surface area contributed by atoms with Crippen LogP contribution in [0, 0.1) is 13.8 Å². The van der Waals surface area contributed by atoms with Crippen molar-refractivity contribution in [3.8, 4) is 5.69 Å². The van der Waals surface area contributed by atoms with Gasteiger partial charge in [-0.05, 0) is 32.5 Å². The van der Waals surface area contributed by atoms with Crippen LogP contribution in [0.4, 0.5) is 0 Å². The minimum absolute atomic E-state index is 0.890. The van der Waals surface area contributed by atoms with Gasteiger partial charge in [0.25, 0.3) is 0 Å². The molecule has 1 heterocycles. The minimum Gasteiger partial charge on any atom is -0.313 e. The van der Waals surface area contributed by atoms with E-state index < -0.39 is 0 Å². The molecule has 0 aliphatic heterocycles. The van der Waals surface area contributed by atoms with E-state index >= 15 is 0 Å². The number of rotatable bonds is 4. The maximum absolute atomic E-state index is 4.61. The molecule has 1 aromatic carbocycles. The van der Waals surface area contributed by atoms with Crippen LogP contribution < -0.4 is 5.32 Å². The number of para-hydroxylation sites is 1. The number of nitrogens with zero attached hydrogens (tertiary/aromatic N) is 2. The van der Waals surface area contributed by atoms with Gasteiger partial charge in [0.1, 0.15) is 0 Å². The predicted molar refractivity (Wildman–Crippen MR) is 70.4 cm³/mol. The molecule has 1 aromatic heterocycles. The van der Waals surface area contributed by atoms with Gasteiger partial charge < -0.3 is 5.32 Å². The lowest BCUT2D eigenvalue weighted by Crippen LogP contribution is -2.13. The van der Waals surface area contributed by atoms with Crippen LogP contribution in [-0.2, 0) is 6.54 Å². The highest BCUT2D eigenvalue weighted by molar-refractivity contribution is 5.36. The lowest BCUT2D eigenvalue weighted by atomic mass is 10.2. The summed E-state index contributed by atoms with van der Waals surface area (Å²) in [7, 11) is 0. The fourth-order valence-electron chi connectivity index (χ4n) is 2.00. The topological polar surface area (TPSA) is 29.9 Å². The van der Waals surface area contributed by atoms with E-state index in [2.05, 4.69) is 43.3 Å². The Balaban J connectivity index is 2.37. The van der Waals surface area contributed by atoms with Gasteiger partial charge in [0.2, 0.25) is 0 Å². The molecule has 0 saturated carbocycles. The molecule has 0 aliphatic rings. The van der Waals surface area contributed by atoms with E-state index in [0.29, 0.717) is 0 Å². The standard InChI is InChI=1S/C14H19N3/c1-4-15-10-14-11(2)16-17(12(14)3)13-8-6-5-7-9-13/h5-9,15H,4,10H2,1-3H3. The number of aromatic nitrogens is 2. The highest BCUT2D eigenvalue weighted by Gasteiger charge is 2.11. The molecule has 0 saturated heterocycles. The molecule has 0 aliphatic carbocycles. The number of aryl methyl sites for hydroxylation is 1. The Morgan fingerprint density at radius 1 is 1.18 bits per heavy atom. The van der Waals surface area contributed by atoms with E-state index in [-0.39, 0.29) is 0 Å². The lowest BCUT2D eigenvalue weighted by molar-refractivity contribution is 0.719. The lowest BCUT2D eigenvalue weighted by Gasteiger charge is -2.05. The summed E-state index contributed by atoms with van der Waals surface area (Å²) in [4.78, 5) is 0. The number of benzene rings is 1. The molecular formula is C14H19N3. The summed E-state index contributed by atoms with van der Waals surface area (Å²) < 4.78 is 2.02. The van der Waals surface area contributed by atoms with Gasteiger partial charge in [-0.15, -0.1) is 0 Å². The van der Waals surface area contributed by atoms with Crippen LogP contribution in [0.25, 0.3) is 5.69 Å². The third-order valence-corrected chi connectivity index (χ3v) is 2.99. The third-order valence-electron chi connectivity index (χ3n) is 2.99. The highest BCUT2D eigenvalue weighted by atomic mass is 15.3. The number of hydrogen-bond donors (Lipinski definition) is 1. The molecule has 0 spiro atoms. The van der Waals surface area contributed by atoms with Crippen molar-refractivity contribution < 1.29 is 0 Å². The first-order valence-corrected chi connectivity index (χ1v) is 6.05. The fraction of sp³-hybridized carbons (Fsp3) is 0.357. The Morgan fingerprint density at radius 3 is 2.53 bits per heavy atom. The van der Waals surface area contributed by atoms with Gasteiger partial charge in [-0.2, -0.15) is 5.10 Å². The van der Waals surface area contributed by atoms with E-state index in [1.165, 1.54) is 11.3 Å². The predicted octanol–water partition coefficient (Wildman–Crippen LogP) is 2.60. The van der Waals surface area contributed by atoms with Crippen molar-refractivity contribution in [3.63, 3.8) is 0 Å². The zero-order valence-electron chi connectivity index (χ0n) is 10.7. The van der Waals surface area contributed by atoms with Crippen LogP contribution in [-0.4, -0.2) is 16.3 Å². The summed E-state index contributed by atoms with van der Waals surface area (Å²) in [5.74, 6) is 0. The van der Waals surface area contributed by atoms with Crippen molar-refractivity contribution in [3.05, 3.63) is 47.3 Å². The monoisotopic (exact) mass is 229 g/mol. The second-order valence-electron chi connectivity index (χ2n) is 4.18. The number of hydrogen-bond acceptors (Lipinski definition) is 2. The molecule has 0 unspecified atom stereocenters. The zero-order chi connectivity index (χ0) is 12.3. The van der Waals surface area contributed by atoms with Crippen LogP contribution >= 0.6 is 0 Å². The van der Waals surface area contributed by atoms with Crippen molar-refractivity contribution in [1.82, 2.24) is 15.1 Å². The maximum Gasteiger partial charge on any atom is 0.0648 e. The van der Waals surface area contributed by atoms with E-state index in [4.69, 9.17) is 0 Å². The fourth-order valence-corrected chi connectivity index (χ4v) is 2.00. The zero-order valence-corrected chi connectivity index (χ0v) is 10.7. The molecule has 0 fully saturated rings. The summed E-state index contributed by atoms with van der Waals surface area (Å²) in [6.45, 7) is 8.18. The molecule has 0 radical (unpaired) electrons. The van der Waals surface area contributed by atoms with Crippen LogP contribution in [0.15, 0.2) is 30.3 Å². The van der Waals surface area contributed by atoms with E-state index in [1.807, 2.05) is 22.9 Å². The Morgan fingerprint density at radius 2 is 1.88 bits per heavy atom. The van der Waals surface area contributed by atoms with Gasteiger partial charge in [0.15, 0.2) is 0 Å². The van der Waals surface area contributed by atoms with E-state index in [1.54, 1.807) is 0 Å². The molecule has 2 aromatic rings. The van der Waals surface area contributed by atoms with E-state index in [0.717, 1.165) is 24.5 Å². The smallest absolute Gasteiger partial charge is 0.0648 e. The average Bonchev–Trinajstić information content (AvgIpc) is 2.64. The molecule has 0 amide bonds. The van der Waals surface area contributed by atoms with Crippen molar-refractivity contribution in [2.24, 2.45) is 0 Å². The van der Waals surface area contributed by atoms with Crippen LogP contribution in [0.2, 0.25) is 0 Å². The molecule has 0 bridgehead atoms. The summed E-state index contributed by atoms with van der Waals surface area (Å²) in [6.07, 6.45) is 0. The maximum atomic E-state index is 4.61. The summed E-state index contributed by atoms with van der Waals surface area (Å²) >= 11 is 0. The molecule has 17 heavy (non-hydrogen) atoms. The van der Waals surface area contributed by atoms with Crippen LogP contribution in [0.5, 0.6) is 0 Å². The Labute approximate surface area is 102 Å².